The number of aromatic nitrogens is 2. The zero-order valence-corrected chi connectivity index (χ0v) is 14.0. The fourth-order valence-electron chi connectivity index (χ4n) is 4.19. The van der Waals surface area contributed by atoms with E-state index in [0.29, 0.717) is 17.6 Å². The van der Waals surface area contributed by atoms with Crippen molar-refractivity contribution in [3.8, 4) is 11.3 Å². The molecule has 1 atom stereocenters. The van der Waals surface area contributed by atoms with Crippen molar-refractivity contribution >= 4 is 22.6 Å². The zero-order valence-electron chi connectivity index (χ0n) is 13.2. The number of ether oxygens (including phenoxy) is 1. The van der Waals surface area contributed by atoms with E-state index < -0.39 is 0 Å². The average Bonchev–Trinajstić information content (AvgIpc) is 3.22. The van der Waals surface area contributed by atoms with Crippen LogP contribution in [0.4, 0.5) is 9.93 Å². The number of piperidine rings is 3. The Morgan fingerprint density at radius 1 is 1.29 bits per heavy atom. The zero-order chi connectivity index (χ0) is 16.1. The molecule has 4 saturated heterocycles. The third-order valence-corrected chi connectivity index (χ3v) is 6.30. The molecule has 0 unspecified atom stereocenters. The molecule has 7 heteroatoms. The van der Waals surface area contributed by atoms with Crippen LogP contribution in [0.2, 0.25) is 0 Å². The number of carbonyl (C=O) groups excluding carboxylic acids is 1. The number of hydrogen-bond acceptors (Lipinski definition) is 6. The van der Waals surface area contributed by atoms with Gasteiger partial charge in [0.15, 0.2) is 5.13 Å². The Labute approximate surface area is 144 Å². The smallest absolute Gasteiger partial charge is 0.416 e. The van der Waals surface area contributed by atoms with Gasteiger partial charge in [-0.1, -0.05) is 0 Å². The molecule has 0 saturated carbocycles. The van der Waals surface area contributed by atoms with Crippen molar-refractivity contribution in [2.24, 2.45) is 5.92 Å². The molecule has 6 heterocycles. The van der Waals surface area contributed by atoms with Gasteiger partial charge in [0, 0.05) is 35.8 Å². The molecule has 24 heavy (non-hydrogen) atoms. The summed E-state index contributed by atoms with van der Waals surface area (Å²) in [5.41, 5.74) is 1.48. The molecule has 6 rings (SSSR count). The Bertz CT molecular complexity index is 772. The summed E-state index contributed by atoms with van der Waals surface area (Å²) in [6, 6.07) is 3.86. The highest BCUT2D eigenvalue weighted by Gasteiger charge is 2.56. The number of amides is 1. The van der Waals surface area contributed by atoms with E-state index in [4.69, 9.17) is 4.74 Å². The fourth-order valence-corrected chi connectivity index (χ4v) is 5.02. The van der Waals surface area contributed by atoms with Gasteiger partial charge in [0.2, 0.25) is 0 Å². The minimum absolute atomic E-state index is 0.254. The number of hydrogen-bond donors (Lipinski definition) is 0. The van der Waals surface area contributed by atoms with E-state index in [1.807, 2.05) is 17.5 Å². The summed E-state index contributed by atoms with van der Waals surface area (Å²) in [5, 5.41) is 2.69. The van der Waals surface area contributed by atoms with Crippen molar-refractivity contribution in [2.75, 3.05) is 31.1 Å². The molecule has 6 nitrogen and oxygen atoms in total. The van der Waals surface area contributed by atoms with Crippen molar-refractivity contribution in [3.63, 3.8) is 0 Å². The van der Waals surface area contributed by atoms with Gasteiger partial charge in [0.05, 0.1) is 12.2 Å². The molecule has 2 aromatic heterocycles. The van der Waals surface area contributed by atoms with E-state index in [1.54, 1.807) is 17.3 Å². The maximum atomic E-state index is 12.5. The van der Waals surface area contributed by atoms with E-state index >= 15 is 0 Å². The lowest BCUT2D eigenvalue weighted by Gasteiger charge is -2.49. The van der Waals surface area contributed by atoms with Crippen LogP contribution in [-0.2, 0) is 4.74 Å². The van der Waals surface area contributed by atoms with E-state index in [9.17, 15) is 4.79 Å². The van der Waals surface area contributed by atoms with Gasteiger partial charge in [-0.25, -0.2) is 14.7 Å². The molecular formula is C17H18N4O2S. The van der Waals surface area contributed by atoms with Gasteiger partial charge in [-0.3, -0.25) is 9.88 Å². The molecule has 0 aliphatic carbocycles. The van der Waals surface area contributed by atoms with Crippen LogP contribution in [0.1, 0.15) is 12.8 Å². The molecule has 4 aliphatic rings. The first-order valence-corrected chi connectivity index (χ1v) is 9.20. The first-order valence-electron chi connectivity index (χ1n) is 8.32. The second kappa shape index (κ2) is 5.26. The van der Waals surface area contributed by atoms with Gasteiger partial charge in [-0.05, 0) is 38.1 Å². The van der Waals surface area contributed by atoms with Crippen LogP contribution in [0.25, 0.3) is 11.3 Å². The normalized spacial score (nSPS) is 31.7. The second-order valence-electron chi connectivity index (χ2n) is 6.83. The maximum absolute atomic E-state index is 12.5. The van der Waals surface area contributed by atoms with Crippen LogP contribution >= 0.6 is 11.3 Å². The molecule has 0 N–H and O–H groups in total. The topological polar surface area (TPSA) is 58.6 Å². The van der Waals surface area contributed by atoms with Crippen molar-refractivity contribution in [2.45, 2.75) is 18.4 Å². The number of fused-ring (bicyclic) bond motifs is 2. The predicted molar refractivity (Wildman–Crippen MR) is 91.1 cm³/mol. The average molecular weight is 342 g/mol. The van der Waals surface area contributed by atoms with Crippen LogP contribution in [0.15, 0.2) is 29.9 Å². The lowest BCUT2D eigenvalue weighted by atomic mass is 9.75. The SMILES string of the molecule is O=C1O[C@]2(CN3CCC2CC3)CN1c1nc(-c2cccnc2)cs1. The predicted octanol–water partition coefficient (Wildman–Crippen LogP) is 2.63. The maximum Gasteiger partial charge on any atom is 0.416 e. The van der Waals surface area contributed by atoms with Crippen LogP contribution in [-0.4, -0.2) is 52.7 Å². The molecule has 4 aliphatic heterocycles. The first-order chi connectivity index (χ1) is 11.7. The Kier molecular flexibility index (Phi) is 3.14. The molecule has 0 radical (unpaired) electrons. The number of anilines is 1. The first kappa shape index (κ1) is 14.4. The summed E-state index contributed by atoms with van der Waals surface area (Å²) >= 11 is 1.49. The number of pyridine rings is 1. The summed E-state index contributed by atoms with van der Waals surface area (Å²) in [5.74, 6) is 0.481. The molecular weight excluding hydrogens is 324 g/mol. The quantitative estimate of drug-likeness (QED) is 0.840. The Hall–Kier alpha value is -1.99. The summed E-state index contributed by atoms with van der Waals surface area (Å²) < 4.78 is 5.91. The molecule has 1 amide bonds. The van der Waals surface area contributed by atoms with Crippen molar-refractivity contribution in [1.29, 1.82) is 0 Å². The minimum Gasteiger partial charge on any atom is -0.439 e. The summed E-state index contributed by atoms with van der Waals surface area (Å²) in [6.45, 7) is 3.74. The van der Waals surface area contributed by atoms with Gasteiger partial charge < -0.3 is 4.74 Å². The van der Waals surface area contributed by atoms with Crippen LogP contribution in [0, 0.1) is 5.92 Å². The van der Waals surface area contributed by atoms with Gasteiger partial charge in [-0.15, -0.1) is 11.3 Å². The molecule has 2 aromatic rings. The fraction of sp³-hybridized carbons (Fsp3) is 0.471. The Balaban J connectivity index is 1.42. The van der Waals surface area contributed by atoms with E-state index in [2.05, 4.69) is 14.9 Å². The van der Waals surface area contributed by atoms with Gasteiger partial charge >= 0.3 is 6.09 Å². The van der Waals surface area contributed by atoms with Crippen molar-refractivity contribution < 1.29 is 9.53 Å². The van der Waals surface area contributed by atoms with Crippen LogP contribution in [0.3, 0.4) is 0 Å². The molecule has 124 valence electrons. The summed E-state index contributed by atoms with van der Waals surface area (Å²) in [6.07, 6.45) is 5.53. The summed E-state index contributed by atoms with van der Waals surface area (Å²) in [4.78, 5) is 25.4. The lowest BCUT2D eigenvalue weighted by Crippen LogP contribution is -2.61. The van der Waals surface area contributed by atoms with Gasteiger partial charge in [-0.2, -0.15) is 0 Å². The number of rotatable bonds is 2. The van der Waals surface area contributed by atoms with E-state index in [1.165, 1.54) is 11.3 Å². The van der Waals surface area contributed by atoms with E-state index in [-0.39, 0.29) is 11.7 Å². The lowest BCUT2D eigenvalue weighted by molar-refractivity contribution is -0.0881. The molecule has 1 spiro atoms. The molecule has 0 aromatic carbocycles. The summed E-state index contributed by atoms with van der Waals surface area (Å²) in [7, 11) is 0. The van der Waals surface area contributed by atoms with Gasteiger partial charge in [0.25, 0.3) is 0 Å². The minimum atomic E-state index is -0.340. The van der Waals surface area contributed by atoms with Gasteiger partial charge in [0.1, 0.15) is 5.60 Å². The van der Waals surface area contributed by atoms with Crippen molar-refractivity contribution in [3.05, 3.63) is 29.9 Å². The number of nitrogens with zero attached hydrogens (tertiary/aromatic N) is 4. The number of thiazole rings is 1. The Morgan fingerprint density at radius 3 is 2.88 bits per heavy atom. The highest BCUT2D eigenvalue weighted by molar-refractivity contribution is 7.14. The molecule has 2 bridgehead atoms. The third-order valence-electron chi connectivity index (χ3n) is 5.44. The monoisotopic (exact) mass is 342 g/mol. The second-order valence-corrected chi connectivity index (χ2v) is 7.66. The van der Waals surface area contributed by atoms with Crippen LogP contribution in [0.5, 0.6) is 0 Å². The largest absolute Gasteiger partial charge is 0.439 e. The van der Waals surface area contributed by atoms with Crippen LogP contribution < -0.4 is 4.90 Å². The number of carbonyl (C=O) groups is 1. The van der Waals surface area contributed by atoms with E-state index in [0.717, 1.165) is 43.7 Å². The highest BCUT2D eigenvalue weighted by Crippen LogP contribution is 2.43. The molecule has 4 fully saturated rings. The highest BCUT2D eigenvalue weighted by atomic mass is 32.1. The Morgan fingerprint density at radius 2 is 2.17 bits per heavy atom. The third kappa shape index (κ3) is 2.15. The van der Waals surface area contributed by atoms with Crippen molar-refractivity contribution in [1.82, 2.24) is 14.9 Å². The standard InChI is InChI=1S/C17H18N4O2S/c22-16-21(11-17(23-16)10-20-6-3-13(17)4-7-20)15-19-14(9-24-15)12-2-1-5-18-8-12/h1-2,5,8-9,13H,3-4,6-7,10-11H2/t17-/m1/s1.